The van der Waals surface area contributed by atoms with Crippen molar-refractivity contribution in [2.24, 2.45) is 0 Å². The quantitative estimate of drug-likeness (QED) is 0.561. The molecule has 148 valence electrons. The van der Waals surface area contributed by atoms with Crippen LogP contribution in [0.5, 0.6) is 0 Å². The highest BCUT2D eigenvalue weighted by Crippen LogP contribution is 2.34. The lowest BCUT2D eigenvalue weighted by Crippen LogP contribution is -2.15. The number of benzene rings is 1. The predicted molar refractivity (Wildman–Crippen MR) is 105 cm³/mol. The third kappa shape index (κ3) is 4.83. The van der Waals surface area contributed by atoms with Gasteiger partial charge in [0, 0.05) is 18.4 Å². The molecule has 8 heteroatoms. The van der Waals surface area contributed by atoms with E-state index in [1.807, 2.05) is 19.1 Å². The van der Waals surface area contributed by atoms with Gasteiger partial charge in [0.1, 0.15) is 9.88 Å². The van der Waals surface area contributed by atoms with Crippen LogP contribution in [-0.2, 0) is 14.3 Å². The Bertz CT molecular complexity index is 914. The molecule has 0 radical (unpaired) electrons. The van der Waals surface area contributed by atoms with Gasteiger partial charge in [-0.05, 0) is 19.4 Å². The van der Waals surface area contributed by atoms with E-state index in [9.17, 15) is 19.2 Å². The molecular formula is C20H21NO6S. The molecule has 0 aliphatic rings. The number of amides is 1. The van der Waals surface area contributed by atoms with E-state index in [0.29, 0.717) is 11.1 Å². The highest BCUT2D eigenvalue weighted by atomic mass is 32.1. The second-order valence-electron chi connectivity index (χ2n) is 6.08. The summed E-state index contributed by atoms with van der Waals surface area (Å²) in [6, 6.07) is 7.10. The van der Waals surface area contributed by atoms with E-state index in [-0.39, 0.29) is 34.1 Å². The smallest absolute Gasteiger partial charge is 0.348 e. The molecule has 2 aromatic rings. The van der Waals surface area contributed by atoms with Gasteiger partial charge in [-0.2, -0.15) is 0 Å². The Labute approximate surface area is 166 Å². The third-order valence-electron chi connectivity index (χ3n) is 4.11. The van der Waals surface area contributed by atoms with Gasteiger partial charge in [0.25, 0.3) is 0 Å². The monoisotopic (exact) mass is 403 g/mol. The van der Waals surface area contributed by atoms with Gasteiger partial charge in [0.2, 0.25) is 5.91 Å². The van der Waals surface area contributed by atoms with Gasteiger partial charge < -0.3 is 14.8 Å². The van der Waals surface area contributed by atoms with E-state index in [2.05, 4.69) is 5.32 Å². The summed E-state index contributed by atoms with van der Waals surface area (Å²) in [6.45, 7) is 3.50. The van der Waals surface area contributed by atoms with Gasteiger partial charge in [-0.3, -0.25) is 9.59 Å². The molecule has 0 fully saturated rings. The molecule has 1 aromatic heterocycles. The fourth-order valence-corrected chi connectivity index (χ4v) is 3.67. The Morgan fingerprint density at radius 2 is 1.54 bits per heavy atom. The van der Waals surface area contributed by atoms with Gasteiger partial charge in [0.15, 0.2) is 5.78 Å². The van der Waals surface area contributed by atoms with Crippen LogP contribution in [0, 0.1) is 13.8 Å². The van der Waals surface area contributed by atoms with Crippen molar-refractivity contribution in [1.82, 2.24) is 0 Å². The molecule has 28 heavy (non-hydrogen) atoms. The van der Waals surface area contributed by atoms with Crippen LogP contribution in [0.15, 0.2) is 24.3 Å². The summed E-state index contributed by atoms with van der Waals surface area (Å²) >= 11 is 0.931. The Morgan fingerprint density at radius 3 is 2.11 bits per heavy atom. The molecule has 1 heterocycles. The second kappa shape index (κ2) is 9.27. The molecule has 0 atom stereocenters. The first-order valence-corrected chi connectivity index (χ1v) is 9.29. The van der Waals surface area contributed by atoms with Crippen molar-refractivity contribution in [2.75, 3.05) is 19.5 Å². The first-order valence-electron chi connectivity index (χ1n) is 8.48. The fourth-order valence-electron chi connectivity index (χ4n) is 2.54. The molecule has 0 unspecified atom stereocenters. The number of ether oxygens (including phenoxy) is 2. The molecule has 2 rings (SSSR count). The van der Waals surface area contributed by atoms with Crippen LogP contribution in [0.25, 0.3) is 0 Å². The molecule has 0 aliphatic carbocycles. The number of carbonyl (C=O) groups excluding carboxylic acids is 4. The lowest BCUT2D eigenvalue weighted by atomic mass is 10.0. The number of aryl methyl sites for hydroxylation is 1. The van der Waals surface area contributed by atoms with Crippen molar-refractivity contribution in [3.8, 4) is 0 Å². The third-order valence-corrected chi connectivity index (χ3v) is 5.30. The van der Waals surface area contributed by atoms with Crippen molar-refractivity contribution in [3.63, 3.8) is 0 Å². The van der Waals surface area contributed by atoms with Crippen molar-refractivity contribution in [2.45, 2.75) is 26.7 Å². The summed E-state index contributed by atoms with van der Waals surface area (Å²) in [4.78, 5) is 48.6. The molecule has 0 bridgehead atoms. The molecule has 1 amide bonds. The summed E-state index contributed by atoms with van der Waals surface area (Å²) in [5.74, 6) is -1.87. The zero-order valence-corrected chi connectivity index (χ0v) is 16.9. The first-order chi connectivity index (χ1) is 13.3. The summed E-state index contributed by atoms with van der Waals surface area (Å²) in [6.07, 6.45) is -0.0332. The Morgan fingerprint density at radius 1 is 0.929 bits per heavy atom. The van der Waals surface area contributed by atoms with Gasteiger partial charge in [-0.1, -0.05) is 29.8 Å². The van der Waals surface area contributed by atoms with E-state index in [1.54, 1.807) is 19.1 Å². The summed E-state index contributed by atoms with van der Waals surface area (Å²) < 4.78 is 9.44. The van der Waals surface area contributed by atoms with Crippen LogP contribution >= 0.6 is 11.3 Å². The number of rotatable bonds is 7. The predicted octanol–water partition coefficient (Wildman–Crippen LogP) is 3.54. The number of thiophene rings is 1. The lowest BCUT2D eigenvalue weighted by molar-refractivity contribution is -0.116. The normalized spacial score (nSPS) is 10.3. The maximum Gasteiger partial charge on any atom is 0.348 e. The standard InChI is InChI=1S/C20H21NO6S/c1-11-5-7-13(8-6-11)14(22)9-10-15(23)21-18-16(19(24)26-3)12(2)17(28-18)20(25)27-4/h5-8H,9-10H2,1-4H3,(H,21,23). The Hall–Kier alpha value is -3.00. The average Bonchev–Trinajstić information content (AvgIpc) is 3.01. The number of ketones is 1. The number of methoxy groups -OCH3 is 2. The molecule has 0 spiro atoms. The minimum atomic E-state index is -0.671. The van der Waals surface area contributed by atoms with Gasteiger partial charge in [0.05, 0.1) is 19.8 Å². The van der Waals surface area contributed by atoms with Crippen LogP contribution in [0.3, 0.4) is 0 Å². The highest BCUT2D eigenvalue weighted by Gasteiger charge is 2.26. The van der Waals surface area contributed by atoms with Crippen molar-refractivity contribution < 1.29 is 28.7 Å². The lowest BCUT2D eigenvalue weighted by Gasteiger charge is -2.06. The number of anilines is 1. The topological polar surface area (TPSA) is 98.8 Å². The molecular weight excluding hydrogens is 382 g/mol. The van der Waals surface area contributed by atoms with Crippen LogP contribution in [0.4, 0.5) is 5.00 Å². The number of carbonyl (C=O) groups is 4. The van der Waals surface area contributed by atoms with Crippen LogP contribution in [0.2, 0.25) is 0 Å². The van der Waals surface area contributed by atoms with E-state index in [0.717, 1.165) is 16.9 Å². The second-order valence-corrected chi connectivity index (χ2v) is 7.10. The Balaban J connectivity index is 2.12. The number of esters is 2. The molecule has 0 saturated carbocycles. The fraction of sp³-hybridized carbons (Fsp3) is 0.300. The van der Waals surface area contributed by atoms with Crippen molar-refractivity contribution in [3.05, 3.63) is 51.4 Å². The number of hydrogen-bond donors (Lipinski definition) is 1. The zero-order valence-electron chi connectivity index (χ0n) is 16.1. The van der Waals surface area contributed by atoms with Crippen LogP contribution in [-0.4, -0.2) is 37.8 Å². The van der Waals surface area contributed by atoms with E-state index in [1.165, 1.54) is 14.2 Å². The largest absolute Gasteiger partial charge is 0.465 e. The zero-order chi connectivity index (χ0) is 20.8. The first kappa shape index (κ1) is 21.3. The van der Waals surface area contributed by atoms with Crippen LogP contribution < -0.4 is 5.32 Å². The number of Topliss-reactive ketones (excluding diaryl/α,β-unsaturated/α-hetero) is 1. The minimum Gasteiger partial charge on any atom is -0.465 e. The van der Waals surface area contributed by atoms with E-state index < -0.39 is 17.8 Å². The summed E-state index contributed by atoms with van der Waals surface area (Å²) in [5, 5.41) is 2.79. The molecule has 0 saturated heterocycles. The minimum absolute atomic E-state index is 0.0245. The van der Waals surface area contributed by atoms with Gasteiger partial charge in [-0.25, -0.2) is 9.59 Å². The van der Waals surface area contributed by atoms with E-state index in [4.69, 9.17) is 9.47 Å². The van der Waals surface area contributed by atoms with Crippen molar-refractivity contribution in [1.29, 1.82) is 0 Å². The van der Waals surface area contributed by atoms with Gasteiger partial charge >= 0.3 is 11.9 Å². The molecule has 7 nitrogen and oxygen atoms in total. The molecule has 0 aliphatic heterocycles. The maximum atomic E-state index is 12.3. The van der Waals surface area contributed by atoms with Gasteiger partial charge in [-0.15, -0.1) is 11.3 Å². The summed E-state index contributed by atoms with van der Waals surface area (Å²) in [7, 11) is 2.44. The average molecular weight is 403 g/mol. The highest BCUT2D eigenvalue weighted by molar-refractivity contribution is 7.18. The molecule has 1 aromatic carbocycles. The van der Waals surface area contributed by atoms with Crippen LogP contribution in [0.1, 0.15) is 54.4 Å². The Kier molecular flexibility index (Phi) is 7.06. The molecule has 1 N–H and O–H groups in total. The van der Waals surface area contributed by atoms with E-state index >= 15 is 0 Å². The summed E-state index contributed by atoms with van der Waals surface area (Å²) in [5.41, 5.74) is 2.05. The number of hydrogen-bond acceptors (Lipinski definition) is 7. The SMILES string of the molecule is COC(=O)c1sc(NC(=O)CCC(=O)c2ccc(C)cc2)c(C(=O)OC)c1C. The number of nitrogens with one attached hydrogen (secondary N) is 1. The maximum absolute atomic E-state index is 12.3. The van der Waals surface area contributed by atoms with Crippen molar-refractivity contribution >= 4 is 40.0 Å².